The molecule has 2 aromatic heterocycles. The van der Waals surface area contributed by atoms with E-state index in [9.17, 15) is 4.79 Å². The minimum absolute atomic E-state index is 0.157. The Morgan fingerprint density at radius 2 is 2.12 bits per heavy atom. The van der Waals surface area contributed by atoms with Gasteiger partial charge in [-0.25, -0.2) is 9.97 Å². The third-order valence-corrected chi connectivity index (χ3v) is 4.91. The van der Waals surface area contributed by atoms with Crippen molar-refractivity contribution in [2.24, 2.45) is 0 Å². The van der Waals surface area contributed by atoms with Gasteiger partial charge in [0.15, 0.2) is 5.13 Å². The SMILES string of the molecule is CCOC(=O)CCc1sc(-n2cnc3ccccc32)nc1C(C)C. The number of benzene rings is 1. The van der Waals surface area contributed by atoms with Gasteiger partial charge in [0.1, 0.15) is 6.33 Å². The van der Waals surface area contributed by atoms with Crippen LogP contribution < -0.4 is 0 Å². The molecule has 1 aromatic carbocycles. The van der Waals surface area contributed by atoms with Crippen LogP contribution in [0.25, 0.3) is 16.2 Å². The van der Waals surface area contributed by atoms with Gasteiger partial charge in [0, 0.05) is 4.88 Å². The van der Waals surface area contributed by atoms with Crippen LogP contribution in [0.15, 0.2) is 30.6 Å². The molecule has 0 amide bonds. The molecule has 3 aromatic rings. The Morgan fingerprint density at radius 1 is 1.33 bits per heavy atom. The van der Waals surface area contributed by atoms with Crippen molar-refractivity contribution < 1.29 is 9.53 Å². The number of rotatable bonds is 6. The molecule has 0 atom stereocenters. The van der Waals surface area contributed by atoms with Crippen LogP contribution in [0.4, 0.5) is 0 Å². The van der Waals surface area contributed by atoms with Gasteiger partial charge >= 0.3 is 5.97 Å². The molecule has 0 aliphatic carbocycles. The minimum atomic E-state index is -0.157. The van der Waals surface area contributed by atoms with E-state index in [4.69, 9.17) is 9.72 Å². The van der Waals surface area contributed by atoms with Crippen molar-refractivity contribution in [2.45, 2.75) is 39.5 Å². The zero-order chi connectivity index (χ0) is 17.1. The Morgan fingerprint density at radius 3 is 2.88 bits per heavy atom. The summed E-state index contributed by atoms with van der Waals surface area (Å²) in [6.45, 7) is 6.49. The molecular weight excluding hydrogens is 322 g/mol. The van der Waals surface area contributed by atoms with Crippen molar-refractivity contribution in [3.8, 4) is 5.13 Å². The Hall–Kier alpha value is -2.21. The molecule has 0 saturated carbocycles. The Bertz CT molecular complexity index is 851. The van der Waals surface area contributed by atoms with Gasteiger partial charge in [-0.05, 0) is 31.4 Å². The average molecular weight is 343 g/mol. The average Bonchev–Trinajstić information content (AvgIpc) is 3.17. The summed E-state index contributed by atoms with van der Waals surface area (Å²) in [5, 5.41) is 0.895. The molecule has 2 heterocycles. The maximum absolute atomic E-state index is 11.7. The third kappa shape index (κ3) is 3.33. The second kappa shape index (κ2) is 7.13. The Balaban J connectivity index is 1.92. The predicted molar refractivity (Wildman–Crippen MR) is 95.8 cm³/mol. The summed E-state index contributed by atoms with van der Waals surface area (Å²) in [7, 11) is 0. The molecule has 0 aliphatic heterocycles. The number of carbonyl (C=O) groups excluding carboxylic acids is 1. The van der Waals surface area contributed by atoms with Crippen molar-refractivity contribution in [1.29, 1.82) is 0 Å². The van der Waals surface area contributed by atoms with Crippen molar-refractivity contribution >= 4 is 28.3 Å². The molecular formula is C18H21N3O2S. The third-order valence-electron chi connectivity index (χ3n) is 3.78. The zero-order valence-electron chi connectivity index (χ0n) is 14.2. The Labute approximate surface area is 145 Å². The number of aryl methyl sites for hydroxylation is 1. The van der Waals surface area contributed by atoms with Crippen LogP contribution in [0.3, 0.4) is 0 Å². The second-order valence-electron chi connectivity index (χ2n) is 5.87. The molecule has 0 saturated heterocycles. The highest BCUT2D eigenvalue weighted by Crippen LogP contribution is 2.30. The number of imidazole rings is 1. The fraction of sp³-hybridized carbons (Fsp3) is 0.389. The second-order valence-corrected chi connectivity index (χ2v) is 6.93. The maximum atomic E-state index is 11.7. The number of hydrogen-bond donors (Lipinski definition) is 0. The predicted octanol–water partition coefficient (Wildman–Crippen LogP) is 4.10. The van der Waals surface area contributed by atoms with Crippen LogP contribution in [-0.2, 0) is 16.0 Å². The van der Waals surface area contributed by atoms with Gasteiger partial charge in [0.05, 0.1) is 29.8 Å². The number of aromatic nitrogens is 3. The highest BCUT2D eigenvalue weighted by atomic mass is 32.1. The number of para-hydroxylation sites is 2. The van der Waals surface area contributed by atoms with Gasteiger partial charge in [-0.3, -0.25) is 9.36 Å². The molecule has 0 aliphatic rings. The summed E-state index contributed by atoms with van der Waals surface area (Å²) in [5.74, 6) is 0.150. The normalized spacial score (nSPS) is 11.3. The molecule has 6 heteroatoms. The van der Waals surface area contributed by atoms with E-state index in [1.54, 1.807) is 11.3 Å². The van der Waals surface area contributed by atoms with E-state index in [2.05, 4.69) is 18.8 Å². The number of carbonyl (C=O) groups is 1. The summed E-state index contributed by atoms with van der Waals surface area (Å²) in [4.78, 5) is 22.0. The summed E-state index contributed by atoms with van der Waals surface area (Å²) in [6, 6.07) is 8.01. The summed E-state index contributed by atoms with van der Waals surface area (Å²) < 4.78 is 7.04. The van der Waals surface area contributed by atoms with Gasteiger partial charge in [0.25, 0.3) is 0 Å². The first-order chi connectivity index (χ1) is 11.6. The van der Waals surface area contributed by atoms with Crippen LogP contribution in [0.5, 0.6) is 0 Å². The first kappa shape index (κ1) is 16.6. The van der Waals surface area contributed by atoms with Gasteiger partial charge in [-0.15, -0.1) is 11.3 Å². The van der Waals surface area contributed by atoms with Crippen LogP contribution in [-0.4, -0.2) is 27.1 Å². The number of fused-ring (bicyclic) bond motifs is 1. The molecule has 3 rings (SSSR count). The topological polar surface area (TPSA) is 57.0 Å². The lowest BCUT2D eigenvalue weighted by atomic mass is 10.1. The standard InChI is InChI=1S/C18H21N3O2S/c1-4-23-16(22)10-9-15-17(12(2)3)20-18(24-15)21-11-19-13-7-5-6-8-14(13)21/h5-8,11-12H,4,9-10H2,1-3H3. The molecule has 5 nitrogen and oxygen atoms in total. The first-order valence-corrected chi connectivity index (χ1v) is 8.99. The number of nitrogens with zero attached hydrogens (tertiary/aromatic N) is 3. The van der Waals surface area contributed by atoms with Crippen molar-refractivity contribution in [2.75, 3.05) is 6.61 Å². The largest absolute Gasteiger partial charge is 0.466 e. The van der Waals surface area contributed by atoms with E-state index >= 15 is 0 Å². The first-order valence-electron chi connectivity index (χ1n) is 8.17. The van der Waals surface area contributed by atoms with Gasteiger partial charge in [0.2, 0.25) is 0 Å². The van der Waals surface area contributed by atoms with Crippen molar-refractivity contribution in [1.82, 2.24) is 14.5 Å². The molecule has 24 heavy (non-hydrogen) atoms. The molecule has 0 radical (unpaired) electrons. The van der Waals surface area contributed by atoms with Crippen molar-refractivity contribution in [3.63, 3.8) is 0 Å². The summed E-state index contributed by atoms with van der Waals surface area (Å²) in [5.41, 5.74) is 3.04. The van der Waals surface area contributed by atoms with Gasteiger partial charge in [-0.2, -0.15) is 0 Å². The number of ether oxygens (including phenoxy) is 1. The number of thiazole rings is 1. The summed E-state index contributed by atoms with van der Waals surface area (Å²) in [6.07, 6.45) is 2.86. The van der Waals surface area contributed by atoms with E-state index in [1.165, 1.54) is 0 Å². The number of esters is 1. The highest BCUT2D eigenvalue weighted by Gasteiger charge is 2.17. The molecule has 0 fully saturated rings. The number of hydrogen-bond acceptors (Lipinski definition) is 5. The van der Waals surface area contributed by atoms with E-state index < -0.39 is 0 Å². The summed E-state index contributed by atoms with van der Waals surface area (Å²) >= 11 is 1.62. The monoisotopic (exact) mass is 343 g/mol. The fourth-order valence-corrected chi connectivity index (χ4v) is 3.84. The van der Waals surface area contributed by atoms with Crippen LogP contribution >= 0.6 is 11.3 Å². The van der Waals surface area contributed by atoms with E-state index in [-0.39, 0.29) is 5.97 Å². The van der Waals surface area contributed by atoms with Gasteiger partial charge < -0.3 is 4.74 Å². The Kier molecular flexibility index (Phi) is 4.94. The molecule has 126 valence electrons. The lowest BCUT2D eigenvalue weighted by Gasteiger charge is -2.04. The van der Waals surface area contributed by atoms with Crippen LogP contribution in [0.1, 0.15) is 43.7 Å². The quantitative estimate of drug-likeness (QED) is 0.632. The maximum Gasteiger partial charge on any atom is 0.306 e. The molecule has 0 spiro atoms. The van der Waals surface area contributed by atoms with Crippen LogP contribution in [0, 0.1) is 0 Å². The fourth-order valence-electron chi connectivity index (χ4n) is 2.64. The molecule has 0 unspecified atom stereocenters. The van der Waals surface area contributed by atoms with Crippen LogP contribution in [0.2, 0.25) is 0 Å². The lowest BCUT2D eigenvalue weighted by Crippen LogP contribution is -2.05. The van der Waals surface area contributed by atoms with E-state index in [0.717, 1.165) is 26.7 Å². The smallest absolute Gasteiger partial charge is 0.306 e. The van der Waals surface area contributed by atoms with Gasteiger partial charge in [-0.1, -0.05) is 26.0 Å². The minimum Gasteiger partial charge on any atom is -0.466 e. The van der Waals surface area contributed by atoms with Crippen molar-refractivity contribution in [3.05, 3.63) is 41.2 Å². The molecule has 0 N–H and O–H groups in total. The van der Waals surface area contributed by atoms with E-state index in [1.807, 2.05) is 42.1 Å². The lowest BCUT2D eigenvalue weighted by molar-refractivity contribution is -0.143. The zero-order valence-corrected chi connectivity index (χ0v) is 15.0. The van der Waals surface area contributed by atoms with E-state index in [0.29, 0.717) is 25.4 Å². The highest BCUT2D eigenvalue weighted by molar-refractivity contribution is 7.14. The molecule has 0 bridgehead atoms.